The SMILES string of the molecule is COCCN(Cc1ccc(C)o1)C(=O)Nc1ccc(C(F)(F)F)cc1. The number of carbonyl (C=O) groups is 1. The second-order valence-electron chi connectivity index (χ2n) is 5.43. The van der Waals surface area contributed by atoms with Crippen LogP contribution in [-0.4, -0.2) is 31.2 Å². The molecule has 0 saturated carbocycles. The van der Waals surface area contributed by atoms with Crippen molar-refractivity contribution in [1.29, 1.82) is 0 Å². The molecule has 0 aliphatic heterocycles. The zero-order chi connectivity index (χ0) is 18.4. The van der Waals surface area contributed by atoms with E-state index in [1.165, 1.54) is 24.1 Å². The fraction of sp³-hybridized carbons (Fsp3) is 0.353. The van der Waals surface area contributed by atoms with E-state index >= 15 is 0 Å². The van der Waals surface area contributed by atoms with Gasteiger partial charge in [-0.15, -0.1) is 0 Å². The lowest BCUT2D eigenvalue weighted by atomic mass is 10.2. The topological polar surface area (TPSA) is 54.7 Å². The van der Waals surface area contributed by atoms with Gasteiger partial charge in [0.05, 0.1) is 18.7 Å². The summed E-state index contributed by atoms with van der Waals surface area (Å²) < 4.78 is 48.2. The monoisotopic (exact) mass is 356 g/mol. The van der Waals surface area contributed by atoms with Gasteiger partial charge in [0.2, 0.25) is 0 Å². The summed E-state index contributed by atoms with van der Waals surface area (Å²) in [5, 5.41) is 2.58. The molecular weight excluding hydrogens is 337 g/mol. The van der Waals surface area contributed by atoms with E-state index in [4.69, 9.17) is 9.15 Å². The average molecular weight is 356 g/mol. The van der Waals surface area contributed by atoms with Crippen molar-refractivity contribution in [3.63, 3.8) is 0 Å². The standard InChI is InChI=1S/C17H19F3N2O3/c1-12-3-8-15(25-12)11-22(9-10-24-2)16(23)21-14-6-4-13(5-7-14)17(18,19)20/h3-8H,9-11H2,1-2H3,(H,21,23). The number of methoxy groups -OCH3 is 1. The van der Waals surface area contributed by atoms with Gasteiger partial charge in [0.1, 0.15) is 11.5 Å². The van der Waals surface area contributed by atoms with Gasteiger partial charge < -0.3 is 19.4 Å². The van der Waals surface area contributed by atoms with E-state index in [2.05, 4.69) is 5.32 Å². The molecule has 0 radical (unpaired) electrons. The van der Waals surface area contributed by atoms with Crippen LogP contribution < -0.4 is 5.32 Å². The van der Waals surface area contributed by atoms with Gasteiger partial charge in [-0.1, -0.05) is 0 Å². The lowest BCUT2D eigenvalue weighted by Gasteiger charge is -2.22. The van der Waals surface area contributed by atoms with E-state index in [1.54, 1.807) is 19.1 Å². The van der Waals surface area contributed by atoms with Crippen LogP contribution in [0.4, 0.5) is 23.7 Å². The van der Waals surface area contributed by atoms with Crippen LogP contribution in [0.5, 0.6) is 0 Å². The van der Waals surface area contributed by atoms with Gasteiger partial charge in [0.15, 0.2) is 0 Å². The molecule has 0 atom stereocenters. The van der Waals surface area contributed by atoms with Crippen molar-refractivity contribution in [1.82, 2.24) is 4.90 Å². The first kappa shape index (κ1) is 18.9. The molecule has 2 aromatic rings. The number of urea groups is 1. The zero-order valence-corrected chi connectivity index (χ0v) is 13.9. The molecule has 136 valence electrons. The summed E-state index contributed by atoms with van der Waals surface area (Å²) in [7, 11) is 1.52. The normalized spacial score (nSPS) is 11.4. The molecule has 1 heterocycles. The number of ether oxygens (including phenoxy) is 1. The van der Waals surface area contributed by atoms with Gasteiger partial charge in [-0.3, -0.25) is 0 Å². The molecule has 0 unspecified atom stereocenters. The molecule has 0 fully saturated rings. The van der Waals surface area contributed by atoms with Crippen molar-refractivity contribution in [3.8, 4) is 0 Å². The largest absolute Gasteiger partial charge is 0.464 e. The first-order chi connectivity index (χ1) is 11.8. The molecule has 0 aliphatic rings. The van der Waals surface area contributed by atoms with Crippen LogP contribution in [-0.2, 0) is 17.5 Å². The van der Waals surface area contributed by atoms with Crippen LogP contribution in [0.25, 0.3) is 0 Å². The smallest absolute Gasteiger partial charge is 0.416 e. The summed E-state index contributed by atoms with van der Waals surface area (Å²) in [5.74, 6) is 1.33. The Labute approximate surface area is 143 Å². The Bertz CT molecular complexity index is 696. The number of furan rings is 1. The predicted octanol–water partition coefficient (Wildman–Crippen LogP) is 4.29. The number of carbonyl (C=O) groups excluding carboxylic acids is 1. The maximum absolute atomic E-state index is 12.6. The lowest BCUT2D eigenvalue weighted by Crippen LogP contribution is -2.36. The number of benzene rings is 1. The second-order valence-corrected chi connectivity index (χ2v) is 5.43. The number of anilines is 1. The average Bonchev–Trinajstić information content (AvgIpc) is 2.96. The summed E-state index contributed by atoms with van der Waals surface area (Å²) in [4.78, 5) is 13.9. The Morgan fingerprint density at radius 3 is 2.40 bits per heavy atom. The van der Waals surface area contributed by atoms with Crippen LogP contribution in [0.1, 0.15) is 17.1 Å². The van der Waals surface area contributed by atoms with Gasteiger partial charge >= 0.3 is 12.2 Å². The molecule has 25 heavy (non-hydrogen) atoms. The molecular formula is C17H19F3N2O3. The first-order valence-corrected chi connectivity index (χ1v) is 7.57. The molecule has 2 rings (SSSR count). The molecule has 5 nitrogen and oxygen atoms in total. The fourth-order valence-corrected chi connectivity index (χ4v) is 2.16. The summed E-state index contributed by atoms with van der Waals surface area (Å²) in [5.41, 5.74) is -0.496. The maximum Gasteiger partial charge on any atom is 0.416 e. The number of hydrogen-bond donors (Lipinski definition) is 1. The predicted molar refractivity (Wildman–Crippen MR) is 86.2 cm³/mol. The highest BCUT2D eigenvalue weighted by Crippen LogP contribution is 2.29. The summed E-state index contributed by atoms with van der Waals surface area (Å²) >= 11 is 0. The molecule has 0 saturated heterocycles. The Kier molecular flexibility index (Phi) is 6.08. The maximum atomic E-state index is 12.6. The highest BCUT2D eigenvalue weighted by molar-refractivity contribution is 5.89. The highest BCUT2D eigenvalue weighted by atomic mass is 19.4. The Hall–Kier alpha value is -2.48. The fourth-order valence-electron chi connectivity index (χ4n) is 2.16. The van der Waals surface area contributed by atoms with Crippen molar-refractivity contribution in [2.45, 2.75) is 19.6 Å². The molecule has 1 N–H and O–H groups in total. The van der Waals surface area contributed by atoms with Gasteiger partial charge in [0.25, 0.3) is 0 Å². The minimum absolute atomic E-state index is 0.226. The van der Waals surface area contributed by atoms with Crippen molar-refractivity contribution in [2.75, 3.05) is 25.6 Å². The first-order valence-electron chi connectivity index (χ1n) is 7.57. The van der Waals surface area contributed by atoms with E-state index in [1.807, 2.05) is 0 Å². The number of alkyl halides is 3. The number of nitrogens with one attached hydrogen (secondary N) is 1. The number of nitrogens with zero attached hydrogens (tertiary/aromatic N) is 1. The van der Waals surface area contributed by atoms with Gasteiger partial charge in [-0.05, 0) is 43.3 Å². The molecule has 8 heteroatoms. The molecule has 1 aromatic carbocycles. The molecule has 0 aliphatic carbocycles. The Morgan fingerprint density at radius 1 is 1.20 bits per heavy atom. The van der Waals surface area contributed by atoms with Gasteiger partial charge in [0, 0.05) is 19.3 Å². The van der Waals surface area contributed by atoms with Crippen molar-refractivity contribution < 1.29 is 27.1 Å². The van der Waals surface area contributed by atoms with E-state index in [-0.39, 0.29) is 12.2 Å². The molecule has 0 bridgehead atoms. The number of aryl methyl sites for hydroxylation is 1. The van der Waals surface area contributed by atoms with Crippen molar-refractivity contribution in [2.24, 2.45) is 0 Å². The van der Waals surface area contributed by atoms with Crippen LogP contribution in [0.2, 0.25) is 0 Å². The third-order valence-corrected chi connectivity index (χ3v) is 3.46. The number of hydrogen-bond acceptors (Lipinski definition) is 3. The Morgan fingerprint density at radius 2 is 1.88 bits per heavy atom. The zero-order valence-electron chi connectivity index (χ0n) is 13.9. The van der Waals surface area contributed by atoms with Gasteiger partial charge in [-0.25, -0.2) is 4.79 Å². The number of rotatable bonds is 6. The third kappa shape index (κ3) is 5.53. The van der Waals surface area contributed by atoms with E-state index in [0.717, 1.165) is 17.9 Å². The summed E-state index contributed by atoms with van der Waals surface area (Å²) in [6.45, 7) is 2.65. The molecule has 2 amide bonds. The Balaban J connectivity index is 2.05. The van der Waals surface area contributed by atoms with Crippen LogP contribution in [0, 0.1) is 6.92 Å². The number of halogens is 3. The van der Waals surface area contributed by atoms with Gasteiger partial charge in [-0.2, -0.15) is 13.2 Å². The second kappa shape index (κ2) is 8.06. The minimum Gasteiger partial charge on any atom is -0.464 e. The van der Waals surface area contributed by atoms with Crippen LogP contribution in [0.3, 0.4) is 0 Å². The van der Waals surface area contributed by atoms with Crippen molar-refractivity contribution >= 4 is 11.7 Å². The van der Waals surface area contributed by atoms with Crippen LogP contribution >= 0.6 is 0 Å². The van der Waals surface area contributed by atoms with Crippen LogP contribution in [0.15, 0.2) is 40.8 Å². The lowest BCUT2D eigenvalue weighted by molar-refractivity contribution is -0.137. The molecule has 0 spiro atoms. The van der Waals surface area contributed by atoms with E-state index in [9.17, 15) is 18.0 Å². The highest BCUT2D eigenvalue weighted by Gasteiger charge is 2.30. The molecule has 1 aromatic heterocycles. The minimum atomic E-state index is -4.41. The quantitative estimate of drug-likeness (QED) is 0.840. The number of amides is 2. The summed E-state index contributed by atoms with van der Waals surface area (Å²) in [6, 6.07) is 7.37. The third-order valence-electron chi connectivity index (χ3n) is 3.46. The van der Waals surface area contributed by atoms with Crippen molar-refractivity contribution in [3.05, 3.63) is 53.5 Å². The van der Waals surface area contributed by atoms with E-state index < -0.39 is 17.8 Å². The summed E-state index contributed by atoms with van der Waals surface area (Å²) in [6.07, 6.45) is -4.41. The van der Waals surface area contributed by atoms with E-state index in [0.29, 0.717) is 18.9 Å².